The van der Waals surface area contributed by atoms with Crippen molar-refractivity contribution in [2.75, 3.05) is 0 Å². The largest absolute Gasteiger partial charge is 0.261 e. The Morgan fingerprint density at radius 1 is 1.00 bits per heavy atom. The van der Waals surface area contributed by atoms with Crippen LogP contribution < -0.4 is 0 Å². The molecule has 0 unspecified atom stereocenters. The van der Waals surface area contributed by atoms with E-state index in [4.69, 9.17) is 10.5 Å². The van der Waals surface area contributed by atoms with Crippen molar-refractivity contribution in [2.24, 2.45) is 5.92 Å². The topological polar surface area (TPSA) is 99.1 Å². The molecular weight excluding hydrogens is 295 g/mol. The minimum atomic E-state index is -0.539. The van der Waals surface area contributed by atoms with Crippen LogP contribution in [-0.2, 0) is 5.41 Å². The van der Waals surface area contributed by atoms with Crippen LogP contribution in [0.4, 0.5) is 4.39 Å². The Kier molecular flexibility index (Phi) is 5.65. The third-order valence-electron chi connectivity index (χ3n) is 3.31. The van der Waals surface area contributed by atoms with E-state index < -0.39 is 5.95 Å². The lowest BCUT2D eigenvalue weighted by molar-refractivity contribution is 0.576. The highest BCUT2D eigenvalue weighted by molar-refractivity contribution is 5.31. The first-order chi connectivity index (χ1) is 11.2. The molecule has 2 aliphatic rings. The molecule has 6 nitrogen and oxygen atoms in total. The van der Waals surface area contributed by atoms with Gasteiger partial charge in [0, 0.05) is 36.9 Å². The predicted octanol–water partition coefficient (Wildman–Crippen LogP) is 2.57. The molecule has 0 radical (unpaired) electrons. The van der Waals surface area contributed by atoms with Crippen molar-refractivity contribution in [1.82, 2.24) is 19.9 Å². The minimum absolute atomic E-state index is 0.283. The van der Waals surface area contributed by atoms with Gasteiger partial charge in [-0.2, -0.15) is 14.9 Å². The number of aromatic nitrogens is 4. The fraction of sp³-hybridized carbons (Fsp3) is 0.375. The summed E-state index contributed by atoms with van der Waals surface area (Å²) in [6, 6.07) is 4.41. The molecule has 2 heterocycles. The van der Waals surface area contributed by atoms with E-state index in [0.717, 1.165) is 37.6 Å². The molecule has 0 aromatic carbocycles. The van der Waals surface area contributed by atoms with E-state index in [1.807, 2.05) is 0 Å². The van der Waals surface area contributed by atoms with Crippen LogP contribution in [0.1, 0.15) is 31.4 Å². The van der Waals surface area contributed by atoms with Crippen molar-refractivity contribution in [2.45, 2.75) is 31.1 Å². The molecule has 7 heteroatoms. The monoisotopic (exact) mass is 310 g/mol. The fourth-order valence-corrected chi connectivity index (χ4v) is 1.59. The molecule has 23 heavy (non-hydrogen) atoms. The molecule has 2 aromatic heterocycles. The summed E-state index contributed by atoms with van der Waals surface area (Å²) in [5.41, 5.74) is 0.538. The van der Waals surface area contributed by atoms with E-state index in [9.17, 15) is 4.39 Å². The highest BCUT2D eigenvalue weighted by Gasteiger charge is 2.46. The smallest absolute Gasteiger partial charge is 0.231 e. The Balaban J connectivity index is 0.000000137. The van der Waals surface area contributed by atoms with Gasteiger partial charge in [-0.1, -0.05) is 0 Å². The van der Waals surface area contributed by atoms with Gasteiger partial charge in [-0.3, -0.25) is 15.0 Å². The molecule has 0 saturated heterocycles. The van der Waals surface area contributed by atoms with Crippen LogP contribution in [0.2, 0.25) is 0 Å². The van der Waals surface area contributed by atoms with Gasteiger partial charge in [-0.25, -0.2) is 4.98 Å². The fourth-order valence-electron chi connectivity index (χ4n) is 1.59. The second-order valence-corrected chi connectivity index (χ2v) is 5.22. The lowest BCUT2D eigenvalue weighted by Crippen LogP contribution is -2.05. The van der Waals surface area contributed by atoms with Gasteiger partial charge in [-0.15, -0.1) is 0 Å². The van der Waals surface area contributed by atoms with Gasteiger partial charge >= 0.3 is 0 Å². The van der Waals surface area contributed by atoms with E-state index in [-0.39, 0.29) is 5.41 Å². The molecule has 0 aliphatic heterocycles. The molecule has 0 spiro atoms. The first kappa shape index (κ1) is 16.4. The third-order valence-corrected chi connectivity index (χ3v) is 3.31. The molecular formula is C16H15FN6. The van der Waals surface area contributed by atoms with Crippen molar-refractivity contribution >= 4 is 0 Å². The molecule has 0 N–H and O–H groups in total. The normalized spacial score (nSPS) is 16.3. The second-order valence-electron chi connectivity index (χ2n) is 5.22. The number of hydrogen-bond donors (Lipinski definition) is 0. The third kappa shape index (κ3) is 5.40. The Labute approximate surface area is 133 Å². The Morgan fingerprint density at radius 3 is 1.91 bits per heavy atom. The second kappa shape index (κ2) is 7.90. The maximum atomic E-state index is 11.7. The average Bonchev–Trinajstić information content (AvgIpc) is 3.52. The first-order valence-electron chi connectivity index (χ1n) is 7.19. The molecule has 0 bridgehead atoms. The lowest BCUT2D eigenvalue weighted by atomic mass is 10.1. The number of nitriles is 2. The summed E-state index contributed by atoms with van der Waals surface area (Å²) >= 11 is 0. The summed E-state index contributed by atoms with van der Waals surface area (Å²) in [5, 5.41) is 16.7. The summed E-state index contributed by atoms with van der Waals surface area (Å²) < 4.78 is 11.7. The zero-order valence-electron chi connectivity index (χ0n) is 12.4. The Bertz CT molecular complexity index is 684. The Hall–Kier alpha value is -2.93. The molecule has 4 rings (SSSR count). The molecule has 2 saturated carbocycles. The number of rotatable bonds is 1. The molecule has 0 atom stereocenters. The van der Waals surface area contributed by atoms with Crippen LogP contribution in [0.25, 0.3) is 0 Å². The highest BCUT2D eigenvalue weighted by atomic mass is 19.1. The number of hydrogen-bond acceptors (Lipinski definition) is 6. The summed E-state index contributed by atoms with van der Waals surface area (Å²) in [5.74, 6) is -0.0995. The van der Waals surface area contributed by atoms with Gasteiger partial charge < -0.3 is 0 Å². The van der Waals surface area contributed by atoms with Crippen LogP contribution in [0, 0.1) is 34.5 Å². The van der Waals surface area contributed by atoms with Crippen LogP contribution in [0.5, 0.6) is 0 Å². The molecule has 2 aliphatic carbocycles. The van der Waals surface area contributed by atoms with Crippen molar-refractivity contribution in [3.8, 4) is 12.1 Å². The summed E-state index contributed by atoms with van der Waals surface area (Å²) in [7, 11) is 0. The zero-order chi connectivity index (χ0) is 16.5. The van der Waals surface area contributed by atoms with E-state index in [1.165, 1.54) is 12.4 Å². The van der Waals surface area contributed by atoms with Crippen molar-refractivity contribution in [1.29, 1.82) is 10.5 Å². The van der Waals surface area contributed by atoms with E-state index in [0.29, 0.717) is 5.92 Å². The SMILES string of the molecule is Fc1cnccn1.N#CC1(c2cnccn2)CC1.N#CC1CC1. The van der Waals surface area contributed by atoms with Gasteiger partial charge in [0.1, 0.15) is 5.41 Å². The molecule has 0 amide bonds. The van der Waals surface area contributed by atoms with Crippen LogP contribution in [0.3, 0.4) is 0 Å². The quantitative estimate of drug-likeness (QED) is 0.802. The van der Waals surface area contributed by atoms with E-state index in [2.05, 4.69) is 32.1 Å². The average molecular weight is 310 g/mol. The number of nitrogens with zero attached hydrogens (tertiary/aromatic N) is 6. The minimum Gasteiger partial charge on any atom is -0.261 e. The van der Waals surface area contributed by atoms with E-state index in [1.54, 1.807) is 18.6 Å². The molecule has 116 valence electrons. The van der Waals surface area contributed by atoms with Crippen LogP contribution >= 0.6 is 0 Å². The highest BCUT2D eigenvalue weighted by Crippen LogP contribution is 2.46. The lowest BCUT2D eigenvalue weighted by Gasteiger charge is -2.00. The summed E-state index contributed by atoms with van der Waals surface area (Å²) in [6.07, 6.45) is 12.9. The maximum Gasteiger partial charge on any atom is 0.231 e. The zero-order valence-corrected chi connectivity index (χ0v) is 12.4. The first-order valence-corrected chi connectivity index (χ1v) is 7.19. The predicted molar refractivity (Wildman–Crippen MR) is 78.9 cm³/mol. The maximum absolute atomic E-state index is 11.7. The van der Waals surface area contributed by atoms with Gasteiger partial charge in [0.15, 0.2) is 0 Å². The van der Waals surface area contributed by atoms with Crippen LogP contribution in [-0.4, -0.2) is 19.9 Å². The molecule has 2 fully saturated rings. The standard InChI is InChI=1S/C8H7N3.C4H3FN2.C4H5N/c9-6-8(1-2-8)7-5-10-3-4-11-7;5-4-3-6-1-2-7-4;5-3-4-1-2-4/h3-5H,1-2H2;1-3H;4H,1-2H2. The van der Waals surface area contributed by atoms with Crippen molar-refractivity contribution in [3.05, 3.63) is 48.8 Å². The van der Waals surface area contributed by atoms with Gasteiger partial charge in [0.25, 0.3) is 0 Å². The Morgan fingerprint density at radius 2 is 1.65 bits per heavy atom. The van der Waals surface area contributed by atoms with Gasteiger partial charge in [-0.05, 0) is 25.7 Å². The number of halogens is 1. The van der Waals surface area contributed by atoms with Crippen LogP contribution in [0.15, 0.2) is 37.2 Å². The summed E-state index contributed by atoms with van der Waals surface area (Å²) in [6.45, 7) is 0. The summed E-state index contributed by atoms with van der Waals surface area (Å²) in [4.78, 5) is 14.7. The van der Waals surface area contributed by atoms with Gasteiger partial charge in [0.2, 0.25) is 5.95 Å². The van der Waals surface area contributed by atoms with Gasteiger partial charge in [0.05, 0.1) is 24.0 Å². The van der Waals surface area contributed by atoms with Crippen molar-refractivity contribution in [3.63, 3.8) is 0 Å². The van der Waals surface area contributed by atoms with E-state index >= 15 is 0 Å². The van der Waals surface area contributed by atoms with Crippen molar-refractivity contribution < 1.29 is 4.39 Å². The molecule has 2 aromatic rings.